The Morgan fingerprint density at radius 2 is 1.39 bits per heavy atom. The predicted octanol–water partition coefficient (Wildman–Crippen LogP) is 4.47. The number of rotatable bonds is 10. The number of unbranched alkanes of at least 4 members (excludes halogenated alkanes) is 2. The zero-order valence-corrected chi connectivity index (χ0v) is 20.8. The van der Waals surface area contributed by atoms with Crippen molar-refractivity contribution in [3.63, 3.8) is 0 Å². The summed E-state index contributed by atoms with van der Waals surface area (Å²) in [6.07, 6.45) is 7.77. The number of quaternary nitrogens is 1. The van der Waals surface area contributed by atoms with Crippen LogP contribution < -0.4 is 10.6 Å². The minimum absolute atomic E-state index is 0.264. The first kappa shape index (κ1) is 26.0. The quantitative estimate of drug-likeness (QED) is 0.226. The van der Waals surface area contributed by atoms with Crippen molar-refractivity contribution < 1.29 is 17.5 Å². The number of likely N-dealkylation sites (tertiary alicyclic amines) is 1. The lowest BCUT2D eigenvalue weighted by molar-refractivity contribution is -0.897. The minimum Gasteiger partial charge on any atom is -0.748 e. The third-order valence-electron chi connectivity index (χ3n) is 5.86. The molecular formula is C25H38NO3PS. The van der Waals surface area contributed by atoms with Gasteiger partial charge in [0, 0.05) is 18.6 Å². The van der Waals surface area contributed by atoms with Gasteiger partial charge in [-0.05, 0) is 44.0 Å². The molecule has 0 bridgehead atoms. The molecule has 0 amide bonds. The van der Waals surface area contributed by atoms with E-state index in [1.807, 2.05) is 36.4 Å². The highest BCUT2D eigenvalue weighted by Crippen LogP contribution is 2.34. The van der Waals surface area contributed by atoms with E-state index >= 15 is 0 Å². The summed E-state index contributed by atoms with van der Waals surface area (Å²) in [7, 11) is -2.18. The summed E-state index contributed by atoms with van der Waals surface area (Å²) in [5.41, 5.74) is 0. The maximum absolute atomic E-state index is 10.7. The standard InChI is InChI=1S/C16H19O3PS.C9H20N/c17-21(18,19)14-8-7-13-20(15-9-3-1-4-10-15)16-11-5-2-6-12-16;1-3-4-7-10(2)8-5-6-9-10/h1-6,9-12H,7-8,13-14H2,(H,17,18,19);3-9H2,1-2H3/q;+1/p-1. The van der Waals surface area contributed by atoms with Crippen molar-refractivity contribution in [2.24, 2.45) is 0 Å². The maximum Gasteiger partial charge on any atom is 0.0945 e. The van der Waals surface area contributed by atoms with Crippen LogP contribution in [0.15, 0.2) is 60.7 Å². The van der Waals surface area contributed by atoms with Gasteiger partial charge in [0.15, 0.2) is 0 Å². The fraction of sp³-hybridized carbons (Fsp3) is 0.520. The van der Waals surface area contributed by atoms with Crippen LogP contribution in [0.3, 0.4) is 0 Å². The van der Waals surface area contributed by atoms with Gasteiger partial charge in [-0.1, -0.05) is 74.0 Å². The Labute approximate surface area is 190 Å². The van der Waals surface area contributed by atoms with Crippen molar-refractivity contribution in [1.29, 1.82) is 0 Å². The van der Waals surface area contributed by atoms with Gasteiger partial charge < -0.3 is 9.04 Å². The molecule has 1 saturated heterocycles. The third kappa shape index (κ3) is 10.3. The van der Waals surface area contributed by atoms with Gasteiger partial charge in [0.2, 0.25) is 0 Å². The van der Waals surface area contributed by atoms with Gasteiger partial charge in [-0.2, -0.15) is 0 Å². The SMILES string of the molecule is CCCC[N+]1(C)CCCC1.O=S(=O)([O-])CCCCP(c1ccccc1)c1ccccc1. The molecule has 0 N–H and O–H groups in total. The average molecular weight is 464 g/mol. The Hall–Kier alpha value is -1.26. The Balaban J connectivity index is 0.000000285. The lowest BCUT2D eigenvalue weighted by Crippen LogP contribution is -2.41. The minimum atomic E-state index is -4.09. The molecule has 2 aromatic rings. The van der Waals surface area contributed by atoms with Crippen molar-refractivity contribution >= 4 is 28.6 Å². The molecule has 172 valence electrons. The third-order valence-corrected chi connectivity index (χ3v) is 9.25. The van der Waals surface area contributed by atoms with Gasteiger partial charge in [0.05, 0.1) is 36.8 Å². The predicted molar refractivity (Wildman–Crippen MR) is 133 cm³/mol. The van der Waals surface area contributed by atoms with Gasteiger partial charge >= 0.3 is 0 Å². The lowest BCUT2D eigenvalue weighted by Gasteiger charge is -2.28. The van der Waals surface area contributed by atoms with Crippen LogP contribution in [0, 0.1) is 0 Å². The van der Waals surface area contributed by atoms with E-state index in [2.05, 4.69) is 38.2 Å². The van der Waals surface area contributed by atoms with Gasteiger partial charge in [-0.25, -0.2) is 8.42 Å². The molecule has 0 atom stereocenters. The van der Waals surface area contributed by atoms with Crippen LogP contribution in [-0.4, -0.2) is 56.1 Å². The molecule has 1 aliphatic rings. The van der Waals surface area contributed by atoms with Crippen LogP contribution in [0.5, 0.6) is 0 Å². The molecule has 1 aliphatic heterocycles. The second-order valence-corrected chi connectivity index (χ2v) is 12.5. The summed E-state index contributed by atoms with van der Waals surface area (Å²) >= 11 is 0. The topological polar surface area (TPSA) is 57.2 Å². The molecule has 1 fully saturated rings. The van der Waals surface area contributed by atoms with E-state index in [0.717, 1.165) is 12.6 Å². The van der Waals surface area contributed by atoms with Gasteiger partial charge in [0.25, 0.3) is 0 Å². The molecule has 0 aliphatic carbocycles. The van der Waals surface area contributed by atoms with E-state index in [0.29, 0.717) is 6.42 Å². The molecular weight excluding hydrogens is 425 g/mol. The molecule has 6 heteroatoms. The van der Waals surface area contributed by atoms with E-state index in [1.54, 1.807) is 0 Å². The van der Waals surface area contributed by atoms with Crippen molar-refractivity contribution in [2.45, 2.75) is 45.4 Å². The van der Waals surface area contributed by atoms with E-state index in [4.69, 9.17) is 0 Å². The molecule has 4 nitrogen and oxygen atoms in total. The molecule has 0 saturated carbocycles. The maximum atomic E-state index is 10.7. The van der Waals surface area contributed by atoms with Gasteiger partial charge in [-0.15, -0.1) is 0 Å². The van der Waals surface area contributed by atoms with Crippen molar-refractivity contribution in [1.82, 2.24) is 0 Å². The summed E-state index contributed by atoms with van der Waals surface area (Å²) in [6.45, 7) is 6.55. The van der Waals surface area contributed by atoms with E-state index < -0.39 is 18.0 Å². The monoisotopic (exact) mass is 463 g/mol. The second kappa shape index (κ2) is 13.3. The Bertz CT molecular complexity index is 798. The lowest BCUT2D eigenvalue weighted by atomic mass is 10.3. The largest absolute Gasteiger partial charge is 0.748 e. The molecule has 1 heterocycles. The highest BCUT2D eigenvalue weighted by Gasteiger charge is 2.25. The van der Waals surface area contributed by atoms with E-state index in [1.165, 1.54) is 60.4 Å². The molecule has 2 aromatic carbocycles. The van der Waals surface area contributed by atoms with E-state index in [-0.39, 0.29) is 5.75 Å². The van der Waals surface area contributed by atoms with Crippen molar-refractivity contribution in [3.05, 3.63) is 60.7 Å². The van der Waals surface area contributed by atoms with Crippen molar-refractivity contribution in [3.8, 4) is 0 Å². The Morgan fingerprint density at radius 3 is 1.84 bits per heavy atom. The fourth-order valence-corrected chi connectivity index (χ4v) is 7.01. The van der Waals surface area contributed by atoms with Crippen LogP contribution in [0.25, 0.3) is 0 Å². The second-order valence-electron chi connectivity index (χ2n) is 8.64. The Kier molecular flexibility index (Phi) is 11.2. The molecule has 0 spiro atoms. The fourth-order valence-electron chi connectivity index (χ4n) is 4.03. The smallest absolute Gasteiger partial charge is 0.0945 e. The number of hydrogen-bond donors (Lipinski definition) is 0. The van der Waals surface area contributed by atoms with Crippen molar-refractivity contribution in [2.75, 3.05) is 38.6 Å². The summed E-state index contributed by atoms with van der Waals surface area (Å²) in [4.78, 5) is 0. The normalized spacial score (nSPS) is 15.5. The van der Waals surface area contributed by atoms with E-state index in [9.17, 15) is 13.0 Å². The Morgan fingerprint density at radius 1 is 0.871 bits per heavy atom. The highest BCUT2D eigenvalue weighted by molar-refractivity contribution is 7.85. The van der Waals surface area contributed by atoms with Crippen LogP contribution in [0.1, 0.15) is 45.4 Å². The molecule has 3 rings (SSSR count). The number of nitrogens with zero attached hydrogens (tertiary/aromatic N) is 1. The van der Waals surface area contributed by atoms with Crippen LogP contribution in [-0.2, 0) is 10.1 Å². The summed E-state index contributed by atoms with van der Waals surface area (Å²) in [5, 5.41) is 2.56. The number of hydrogen-bond acceptors (Lipinski definition) is 3. The summed E-state index contributed by atoms with van der Waals surface area (Å²) in [5.74, 6) is -0.264. The molecule has 0 radical (unpaired) electrons. The van der Waals surface area contributed by atoms with Gasteiger partial charge in [-0.3, -0.25) is 0 Å². The summed E-state index contributed by atoms with van der Waals surface area (Å²) < 4.78 is 33.4. The first-order valence-corrected chi connectivity index (χ1v) is 14.6. The zero-order valence-electron chi connectivity index (χ0n) is 19.1. The first-order valence-electron chi connectivity index (χ1n) is 11.5. The van der Waals surface area contributed by atoms with Crippen LogP contribution in [0.2, 0.25) is 0 Å². The van der Waals surface area contributed by atoms with Gasteiger partial charge in [0.1, 0.15) is 0 Å². The molecule has 31 heavy (non-hydrogen) atoms. The first-order chi connectivity index (χ1) is 14.8. The highest BCUT2D eigenvalue weighted by atomic mass is 32.2. The number of benzene rings is 2. The van der Waals surface area contributed by atoms with Crippen LogP contribution in [0.4, 0.5) is 0 Å². The molecule has 0 unspecified atom stereocenters. The molecule has 0 aromatic heterocycles. The summed E-state index contributed by atoms with van der Waals surface area (Å²) in [6, 6.07) is 20.5. The van der Waals surface area contributed by atoms with Crippen LogP contribution >= 0.6 is 7.92 Å². The zero-order chi connectivity index (χ0) is 22.6. The average Bonchev–Trinajstić information content (AvgIpc) is 3.20.